The number of hydrogen-bond donors (Lipinski definition) is 0. The highest BCUT2D eigenvalue weighted by molar-refractivity contribution is 6.28. The van der Waals surface area contributed by atoms with Crippen molar-refractivity contribution in [1.29, 1.82) is 0 Å². The summed E-state index contributed by atoms with van der Waals surface area (Å²) in [6.45, 7) is 8.58. The van der Waals surface area contributed by atoms with Crippen molar-refractivity contribution < 1.29 is 20.6 Å². The third kappa shape index (κ3) is 10.4. The smallest absolute Gasteiger partial charge is 0.258 e. The van der Waals surface area contributed by atoms with E-state index in [1.54, 1.807) is 36.4 Å². The molecule has 1 fully saturated rings. The van der Waals surface area contributed by atoms with E-state index in [4.69, 9.17) is 0 Å². The van der Waals surface area contributed by atoms with Gasteiger partial charge in [0.05, 0.1) is 17.3 Å². The summed E-state index contributed by atoms with van der Waals surface area (Å²) in [5.41, 5.74) is 1.29. The summed E-state index contributed by atoms with van der Waals surface area (Å²) in [7, 11) is 0. The van der Waals surface area contributed by atoms with Crippen LogP contribution >= 0.6 is 0 Å². The van der Waals surface area contributed by atoms with Crippen molar-refractivity contribution in [2.24, 2.45) is 11.8 Å². The fourth-order valence-corrected chi connectivity index (χ4v) is 4.66. The topological polar surface area (TPSA) is 74.8 Å². The number of amides is 4. The lowest BCUT2D eigenvalue weighted by molar-refractivity contribution is -0.123. The number of anilines is 2. The highest BCUT2D eigenvalue weighted by Gasteiger charge is 2.42. The zero-order valence-electron chi connectivity index (χ0n) is 25.6. The fourth-order valence-electron chi connectivity index (χ4n) is 4.66. The Hall–Kier alpha value is -4.06. The summed E-state index contributed by atoms with van der Waals surface area (Å²) in [4.78, 5) is 49.6. The summed E-state index contributed by atoms with van der Waals surface area (Å²) >= 11 is 0. The highest BCUT2D eigenvalue weighted by atomic mass is 16.2. The van der Waals surface area contributed by atoms with Crippen LogP contribution in [0.5, 0.6) is 0 Å². The molecule has 2 unspecified atom stereocenters. The van der Waals surface area contributed by atoms with Crippen LogP contribution in [0.2, 0.25) is 0 Å². The van der Waals surface area contributed by atoms with Gasteiger partial charge < -0.3 is 0 Å². The third-order valence-electron chi connectivity index (χ3n) is 6.97. The molecule has 0 saturated carbocycles. The van der Waals surface area contributed by atoms with Crippen molar-refractivity contribution in [3.8, 4) is 0 Å². The molecule has 2 aliphatic heterocycles. The lowest BCUT2D eigenvalue weighted by Crippen LogP contribution is -2.31. The summed E-state index contributed by atoms with van der Waals surface area (Å²) < 4.78 is 0. The summed E-state index contributed by atoms with van der Waals surface area (Å²) in [5, 5.41) is 0. The first kappa shape index (κ1) is 34.1. The lowest BCUT2D eigenvalue weighted by Gasteiger charge is -2.18. The molecular formula is C36H48N2O4. The summed E-state index contributed by atoms with van der Waals surface area (Å²) in [6, 6.07) is 18.0. The van der Waals surface area contributed by atoms with E-state index in [0.29, 0.717) is 17.8 Å². The van der Waals surface area contributed by atoms with Crippen LogP contribution < -0.4 is 9.80 Å². The monoisotopic (exact) mass is 573 g/mol. The average Bonchev–Trinajstić information content (AvgIpc) is 3.51. The van der Waals surface area contributed by atoms with Gasteiger partial charge >= 0.3 is 0 Å². The molecule has 2 atom stereocenters. The molecule has 226 valence electrons. The Labute approximate surface area is 253 Å². The first-order valence-electron chi connectivity index (χ1n) is 15.2. The molecule has 0 radical (unpaired) electrons. The number of benzene rings is 2. The van der Waals surface area contributed by atoms with E-state index in [-0.39, 0.29) is 36.9 Å². The Kier molecular flexibility index (Phi) is 15.6. The minimum absolute atomic E-state index is 0. The van der Waals surface area contributed by atoms with E-state index in [0.717, 1.165) is 17.7 Å². The number of carbonyl (C=O) groups is 4. The van der Waals surface area contributed by atoms with Gasteiger partial charge in [0, 0.05) is 20.0 Å². The van der Waals surface area contributed by atoms with Gasteiger partial charge in [-0.1, -0.05) is 108 Å². The molecule has 2 heterocycles. The molecule has 0 N–H and O–H groups in total. The Balaban J connectivity index is 0.000000347. The molecule has 6 heteroatoms. The summed E-state index contributed by atoms with van der Waals surface area (Å²) in [5.74, 6) is -0.772. The molecular weight excluding hydrogens is 524 g/mol. The number of unbranched alkanes of at least 4 members (excludes halogenated alkanes) is 3. The summed E-state index contributed by atoms with van der Waals surface area (Å²) in [6.07, 6.45) is 19.9. The Bertz CT molecular complexity index is 1210. The molecule has 4 amide bonds. The number of allylic oxidation sites excluding steroid dienone is 4. The maximum absolute atomic E-state index is 12.6. The first-order chi connectivity index (χ1) is 20.4. The number of hydrogen-bond acceptors (Lipinski definition) is 4. The largest absolute Gasteiger partial charge is 0.274 e. The van der Waals surface area contributed by atoms with E-state index in [9.17, 15) is 19.2 Å². The van der Waals surface area contributed by atoms with Crippen molar-refractivity contribution in [3.05, 3.63) is 97.1 Å². The van der Waals surface area contributed by atoms with Gasteiger partial charge in [0.1, 0.15) is 0 Å². The van der Waals surface area contributed by atoms with Crippen molar-refractivity contribution in [3.63, 3.8) is 0 Å². The standard InChI is InChI=1S/C17H21NO2.C10H7NO2.C9H18.H2/c1-3-5-9-13(4-2)15-12-16(19)18(17(15)20)14-10-7-6-8-11-14;12-9-6-7-10(13)11(9)8-4-2-1-3-5-8;1-3-5-7-9-8-6-4-2;/h5-11,13,15H,3-4,12H2,1-2H3;1-7H;7,9H,3-6,8H2,1-2H3;1H/b9-5-;;9-7-;/i;;;1+1. The molecule has 1 saturated heterocycles. The second-order valence-corrected chi connectivity index (χ2v) is 10.2. The predicted molar refractivity (Wildman–Crippen MR) is 174 cm³/mol. The van der Waals surface area contributed by atoms with Crippen molar-refractivity contribution in [2.45, 2.75) is 79.1 Å². The zero-order valence-corrected chi connectivity index (χ0v) is 25.6. The third-order valence-corrected chi connectivity index (χ3v) is 6.97. The molecule has 0 bridgehead atoms. The van der Waals surface area contributed by atoms with Crippen LogP contribution in [0, 0.1) is 11.8 Å². The molecule has 0 spiro atoms. The predicted octanol–water partition coefficient (Wildman–Crippen LogP) is 8.45. The Morgan fingerprint density at radius 1 is 0.738 bits per heavy atom. The van der Waals surface area contributed by atoms with Gasteiger partial charge in [-0.3, -0.25) is 24.1 Å². The maximum Gasteiger partial charge on any atom is 0.258 e. The Morgan fingerprint density at radius 3 is 1.79 bits per heavy atom. The molecule has 2 aromatic rings. The van der Waals surface area contributed by atoms with Crippen LogP contribution in [-0.2, 0) is 19.2 Å². The second-order valence-electron chi connectivity index (χ2n) is 10.2. The number of nitrogens with zero attached hydrogens (tertiary/aromatic N) is 2. The second kappa shape index (κ2) is 19.1. The van der Waals surface area contributed by atoms with E-state index >= 15 is 0 Å². The van der Waals surface area contributed by atoms with E-state index in [2.05, 4.69) is 52.0 Å². The van der Waals surface area contributed by atoms with Crippen LogP contribution in [0.3, 0.4) is 0 Å². The van der Waals surface area contributed by atoms with Gasteiger partial charge in [-0.05, 0) is 55.9 Å². The van der Waals surface area contributed by atoms with Crippen LogP contribution in [0.4, 0.5) is 11.4 Å². The molecule has 0 aromatic heterocycles. The van der Waals surface area contributed by atoms with E-state index < -0.39 is 0 Å². The highest BCUT2D eigenvalue weighted by Crippen LogP contribution is 2.33. The van der Waals surface area contributed by atoms with E-state index in [1.807, 2.05) is 24.3 Å². The minimum Gasteiger partial charge on any atom is -0.274 e. The lowest BCUT2D eigenvalue weighted by atomic mass is 9.88. The fraction of sp³-hybridized carbons (Fsp3) is 0.389. The van der Waals surface area contributed by atoms with Gasteiger partial charge in [-0.25, -0.2) is 4.90 Å². The van der Waals surface area contributed by atoms with Crippen molar-refractivity contribution in [1.82, 2.24) is 0 Å². The molecule has 0 aliphatic carbocycles. The van der Waals surface area contributed by atoms with Gasteiger partial charge in [0.15, 0.2) is 0 Å². The average molecular weight is 574 g/mol. The maximum atomic E-state index is 12.6. The molecule has 4 rings (SSSR count). The zero-order chi connectivity index (χ0) is 30.7. The molecule has 2 aliphatic rings. The van der Waals surface area contributed by atoms with Crippen LogP contribution in [0.1, 0.15) is 80.5 Å². The first-order valence-corrected chi connectivity index (χ1v) is 15.2. The van der Waals surface area contributed by atoms with Crippen molar-refractivity contribution in [2.75, 3.05) is 9.80 Å². The number of carbonyl (C=O) groups excluding carboxylic acids is 4. The minimum atomic E-state index is -0.281. The van der Waals surface area contributed by atoms with Gasteiger partial charge in [0.25, 0.3) is 11.8 Å². The SMILES string of the molecule is CC/C=C\C(CC)C1CC(=O)N(c2ccccc2)C1=O.CCC/C=C\CCCC.O=C1C=CC(=O)N1c1ccccc1.[2HH]. The number of rotatable bonds is 11. The van der Waals surface area contributed by atoms with Gasteiger partial charge in [-0.15, -0.1) is 0 Å². The van der Waals surface area contributed by atoms with E-state index in [1.165, 1.54) is 49.2 Å². The number of imide groups is 2. The van der Waals surface area contributed by atoms with Crippen LogP contribution in [-0.4, -0.2) is 23.6 Å². The number of para-hydroxylation sites is 2. The quantitative estimate of drug-likeness (QED) is 0.154. The molecule has 6 nitrogen and oxygen atoms in total. The van der Waals surface area contributed by atoms with Crippen molar-refractivity contribution >= 4 is 35.0 Å². The van der Waals surface area contributed by atoms with Gasteiger partial charge in [0.2, 0.25) is 11.8 Å². The van der Waals surface area contributed by atoms with Crippen LogP contribution in [0.15, 0.2) is 97.1 Å². The molecule has 42 heavy (non-hydrogen) atoms. The molecule has 2 aromatic carbocycles. The normalized spacial score (nSPS) is 17.1. The Morgan fingerprint density at radius 2 is 1.29 bits per heavy atom. The van der Waals surface area contributed by atoms with Gasteiger partial charge in [-0.2, -0.15) is 0 Å². The van der Waals surface area contributed by atoms with Crippen LogP contribution in [0.25, 0.3) is 0 Å².